The maximum absolute atomic E-state index is 12.6. The zero-order valence-corrected chi connectivity index (χ0v) is 17.9. The van der Waals surface area contributed by atoms with Gasteiger partial charge in [0, 0.05) is 30.2 Å². The molecule has 7 nitrogen and oxygen atoms in total. The molecule has 0 aromatic carbocycles. The lowest BCUT2D eigenvalue weighted by atomic mass is 9.77. The van der Waals surface area contributed by atoms with E-state index in [1.807, 2.05) is 11.3 Å². The fourth-order valence-corrected chi connectivity index (χ4v) is 7.08. The van der Waals surface area contributed by atoms with E-state index in [4.69, 9.17) is 15.0 Å². The standard InChI is InChI=1S/C20H25N5O2S2/c26-11-20(6-1-7-20)24-17-16-14(5-9-29(16)27)22-19(23-17)25-8-4-13-15(10-25)28-18(21-13)12-2-3-12/h12,26H,1-11H2,(H,22,23,24)/t29-/m1/s1. The Morgan fingerprint density at radius 1 is 1.21 bits per heavy atom. The molecule has 0 bridgehead atoms. The minimum Gasteiger partial charge on any atom is -0.611 e. The first kappa shape index (κ1) is 18.4. The first-order valence-corrected chi connectivity index (χ1v) is 12.7. The summed E-state index contributed by atoms with van der Waals surface area (Å²) in [6.45, 7) is 1.73. The molecular weight excluding hydrogens is 406 g/mol. The van der Waals surface area contributed by atoms with Gasteiger partial charge in [0.25, 0.3) is 0 Å². The van der Waals surface area contributed by atoms with Gasteiger partial charge in [-0.1, -0.05) is 0 Å². The largest absolute Gasteiger partial charge is 0.611 e. The third kappa shape index (κ3) is 3.13. The number of aliphatic hydroxyl groups excluding tert-OH is 1. The van der Waals surface area contributed by atoms with Gasteiger partial charge in [0.15, 0.2) is 5.82 Å². The van der Waals surface area contributed by atoms with Crippen molar-refractivity contribution in [3.8, 4) is 0 Å². The molecule has 2 aliphatic heterocycles. The van der Waals surface area contributed by atoms with Gasteiger partial charge in [-0.05, 0) is 43.3 Å². The molecule has 2 aromatic rings. The molecule has 0 saturated heterocycles. The average molecular weight is 432 g/mol. The summed E-state index contributed by atoms with van der Waals surface area (Å²) in [6.07, 6.45) is 7.15. The quantitative estimate of drug-likeness (QED) is 0.702. The van der Waals surface area contributed by atoms with Crippen molar-refractivity contribution in [2.75, 3.05) is 29.1 Å². The maximum atomic E-state index is 12.6. The van der Waals surface area contributed by atoms with E-state index in [9.17, 15) is 9.66 Å². The number of anilines is 2. The van der Waals surface area contributed by atoms with Crippen LogP contribution >= 0.6 is 11.3 Å². The summed E-state index contributed by atoms with van der Waals surface area (Å²) < 4.78 is 12.6. The highest BCUT2D eigenvalue weighted by molar-refractivity contribution is 7.91. The third-order valence-corrected chi connectivity index (χ3v) is 9.33. The topological polar surface area (TPSA) is 97.2 Å². The SMILES string of the molecule is [O-][S@+]1CCc2nc(N3CCc4nc(C5CC5)sc4C3)nc(NC3(CO)CCC3)c21. The van der Waals surface area contributed by atoms with E-state index in [0.717, 1.165) is 55.8 Å². The van der Waals surface area contributed by atoms with E-state index in [-0.39, 0.29) is 12.1 Å². The van der Waals surface area contributed by atoms with Crippen LogP contribution in [0, 0.1) is 0 Å². The number of fused-ring (bicyclic) bond motifs is 2. The van der Waals surface area contributed by atoms with Crippen LogP contribution in [-0.4, -0.2) is 49.1 Å². The van der Waals surface area contributed by atoms with Crippen molar-refractivity contribution in [2.24, 2.45) is 0 Å². The molecule has 29 heavy (non-hydrogen) atoms. The van der Waals surface area contributed by atoms with Crippen LogP contribution in [0.2, 0.25) is 0 Å². The Balaban J connectivity index is 1.32. The Morgan fingerprint density at radius 2 is 2.07 bits per heavy atom. The second-order valence-corrected chi connectivity index (χ2v) is 11.4. The first-order chi connectivity index (χ1) is 14.1. The Labute approximate surface area is 177 Å². The van der Waals surface area contributed by atoms with Gasteiger partial charge >= 0.3 is 0 Å². The minimum absolute atomic E-state index is 0.0750. The number of thiazole rings is 1. The number of nitrogens with zero attached hydrogens (tertiary/aromatic N) is 4. The van der Waals surface area contributed by atoms with Crippen molar-refractivity contribution in [1.82, 2.24) is 15.0 Å². The van der Waals surface area contributed by atoms with E-state index in [2.05, 4.69) is 10.2 Å². The molecule has 2 aromatic heterocycles. The molecule has 2 saturated carbocycles. The highest BCUT2D eigenvalue weighted by atomic mass is 32.2. The number of aryl methyl sites for hydroxylation is 1. The smallest absolute Gasteiger partial charge is 0.228 e. The molecule has 2 N–H and O–H groups in total. The number of hydrogen-bond donors (Lipinski definition) is 2. The van der Waals surface area contributed by atoms with Gasteiger partial charge in [0.2, 0.25) is 10.8 Å². The molecule has 4 aliphatic rings. The molecule has 0 radical (unpaired) electrons. The highest BCUT2D eigenvalue weighted by Gasteiger charge is 2.41. The predicted octanol–water partition coefficient (Wildman–Crippen LogP) is 2.36. The van der Waals surface area contributed by atoms with Crippen molar-refractivity contribution in [1.29, 1.82) is 0 Å². The molecule has 0 spiro atoms. The number of hydrogen-bond acceptors (Lipinski definition) is 8. The Morgan fingerprint density at radius 3 is 2.79 bits per heavy atom. The molecule has 4 heterocycles. The van der Waals surface area contributed by atoms with E-state index < -0.39 is 11.2 Å². The number of nitrogens with one attached hydrogen (secondary N) is 1. The van der Waals surface area contributed by atoms with Gasteiger partial charge in [-0.25, -0.2) is 9.97 Å². The maximum Gasteiger partial charge on any atom is 0.228 e. The van der Waals surface area contributed by atoms with Crippen LogP contribution in [0.1, 0.15) is 59.3 Å². The molecule has 0 amide bonds. The summed E-state index contributed by atoms with van der Waals surface area (Å²) in [5, 5.41) is 14.7. The van der Waals surface area contributed by atoms with Crippen LogP contribution < -0.4 is 10.2 Å². The lowest BCUT2D eigenvalue weighted by molar-refractivity contribution is 0.143. The Hall–Kier alpha value is -1.42. The molecule has 0 unspecified atom stereocenters. The van der Waals surface area contributed by atoms with Crippen LogP contribution in [0.5, 0.6) is 0 Å². The van der Waals surface area contributed by atoms with Crippen molar-refractivity contribution in [3.63, 3.8) is 0 Å². The van der Waals surface area contributed by atoms with Gasteiger partial charge in [0.05, 0.1) is 29.4 Å². The zero-order chi connectivity index (χ0) is 19.6. The number of rotatable bonds is 5. The molecule has 6 rings (SSSR count). The second-order valence-electron chi connectivity index (χ2n) is 8.73. The monoisotopic (exact) mass is 431 g/mol. The first-order valence-electron chi connectivity index (χ1n) is 10.6. The van der Waals surface area contributed by atoms with Crippen LogP contribution in [0.4, 0.5) is 11.8 Å². The van der Waals surface area contributed by atoms with Crippen molar-refractivity contribution >= 4 is 34.3 Å². The highest BCUT2D eigenvalue weighted by Crippen LogP contribution is 2.44. The summed E-state index contributed by atoms with van der Waals surface area (Å²) in [5.41, 5.74) is 1.83. The van der Waals surface area contributed by atoms with E-state index in [0.29, 0.717) is 23.4 Å². The van der Waals surface area contributed by atoms with E-state index >= 15 is 0 Å². The van der Waals surface area contributed by atoms with Crippen molar-refractivity contribution in [3.05, 3.63) is 21.3 Å². The summed E-state index contributed by atoms with van der Waals surface area (Å²) in [7, 11) is 0. The summed E-state index contributed by atoms with van der Waals surface area (Å²) in [6, 6.07) is 0. The Bertz CT molecular complexity index is 951. The van der Waals surface area contributed by atoms with Gasteiger partial charge in [-0.3, -0.25) is 0 Å². The molecular formula is C20H25N5O2S2. The predicted molar refractivity (Wildman–Crippen MR) is 113 cm³/mol. The van der Waals surface area contributed by atoms with Crippen molar-refractivity contribution < 1.29 is 9.66 Å². The summed E-state index contributed by atoms with van der Waals surface area (Å²) >= 11 is 0.791. The van der Waals surface area contributed by atoms with Crippen LogP contribution in [-0.2, 0) is 30.6 Å². The lowest BCUT2D eigenvalue weighted by Gasteiger charge is -2.41. The third-order valence-electron chi connectivity index (χ3n) is 6.63. The summed E-state index contributed by atoms with van der Waals surface area (Å²) in [4.78, 5) is 18.9. The molecule has 9 heteroatoms. The lowest BCUT2D eigenvalue weighted by Crippen LogP contribution is -2.49. The van der Waals surface area contributed by atoms with E-state index in [1.54, 1.807) is 0 Å². The van der Waals surface area contributed by atoms with Crippen LogP contribution in [0.3, 0.4) is 0 Å². The fraction of sp³-hybridized carbons (Fsp3) is 0.650. The molecule has 1 atom stereocenters. The fourth-order valence-electron chi connectivity index (χ4n) is 4.48. The number of aliphatic hydroxyl groups is 1. The molecule has 154 valence electrons. The second kappa shape index (κ2) is 6.80. The molecule has 2 fully saturated rings. The van der Waals surface area contributed by atoms with Gasteiger partial charge in [0.1, 0.15) is 11.4 Å². The van der Waals surface area contributed by atoms with Crippen molar-refractivity contribution in [2.45, 2.75) is 67.8 Å². The van der Waals surface area contributed by atoms with Gasteiger partial charge in [-0.15, -0.1) is 11.3 Å². The minimum atomic E-state index is -1.06. The van der Waals surface area contributed by atoms with Crippen LogP contribution in [0.15, 0.2) is 4.90 Å². The normalized spacial score (nSPS) is 24.8. The average Bonchev–Trinajstić information content (AvgIpc) is 3.36. The zero-order valence-electron chi connectivity index (χ0n) is 16.3. The van der Waals surface area contributed by atoms with Gasteiger partial charge < -0.3 is 19.9 Å². The molecule has 2 aliphatic carbocycles. The Kier molecular flexibility index (Phi) is 4.30. The summed E-state index contributed by atoms with van der Waals surface area (Å²) in [5.74, 6) is 2.68. The van der Waals surface area contributed by atoms with Gasteiger partial charge in [-0.2, -0.15) is 4.98 Å². The number of aromatic nitrogens is 3. The van der Waals surface area contributed by atoms with E-state index in [1.165, 1.54) is 28.4 Å². The van der Waals surface area contributed by atoms with Crippen LogP contribution in [0.25, 0.3) is 0 Å².